The SMILES string of the molecule is CCc1nnc(-c2n[nH]c3ccccc23)o1. The minimum Gasteiger partial charge on any atom is -0.419 e. The average molecular weight is 214 g/mol. The Balaban J connectivity index is 2.18. The Labute approximate surface area is 91.5 Å². The van der Waals surface area contributed by atoms with Crippen LogP contribution in [0, 0.1) is 0 Å². The van der Waals surface area contributed by atoms with Crippen LogP contribution < -0.4 is 0 Å². The first-order chi connectivity index (χ1) is 7.88. The number of aryl methyl sites for hydroxylation is 1. The highest BCUT2D eigenvalue weighted by Gasteiger charge is 2.13. The molecule has 5 heteroatoms. The molecule has 3 aromatic rings. The summed E-state index contributed by atoms with van der Waals surface area (Å²) in [6.45, 7) is 1.97. The van der Waals surface area contributed by atoms with Crippen molar-refractivity contribution in [3.8, 4) is 11.6 Å². The molecule has 1 aromatic carbocycles. The van der Waals surface area contributed by atoms with Gasteiger partial charge in [0, 0.05) is 11.8 Å². The summed E-state index contributed by atoms with van der Waals surface area (Å²) in [4.78, 5) is 0. The summed E-state index contributed by atoms with van der Waals surface area (Å²) >= 11 is 0. The molecule has 0 spiro atoms. The molecule has 5 nitrogen and oxygen atoms in total. The maximum absolute atomic E-state index is 5.48. The number of aromatic amines is 1. The lowest BCUT2D eigenvalue weighted by Gasteiger charge is -1.89. The van der Waals surface area contributed by atoms with Crippen molar-refractivity contribution < 1.29 is 4.42 Å². The van der Waals surface area contributed by atoms with Crippen LogP contribution in [0.25, 0.3) is 22.5 Å². The number of nitrogens with one attached hydrogen (secondary N) is 1. The van der Waals surface area contributed by atoms with E-state index in [0.29, 0.717) is 17.5 Å². The number of hydrogen-bond acceptors (Lipinski definition) is 4. The lowest BCUT2D eigenvalue weighted by atomic mass is 10.2. The third-order valence-corrected chi connectivity index (χ3v) is 2.44. The minimum absolute atomic E-state index is 0.467. The zero-order chi connectivity index (χ0) is 11.0. The van der Waals surface area contributed by atoms with Crippen molar-refractivity contribution in [1.29, 1.82) is 0 Å². The van der Waals surface area contributed by atoms with Gasteiger partial charge in [0.15, 0.2) is 5.69 Å². The Morgan fingerprint density at radius 3 is 2.94 bits per heavy atom. The second kappa shape index (κ2) is 3.44. The van der Waals surface area contributed by atoms with E-state index in [1.807, 2.05) is 31.2 Å². The summed E-state index contributed by atoms with van der Waals surface area (Å²) in [6, 6.07) is 7.85. The molecule has 0 atom stereocenters. The Morgan fingerprint density at radius 2 is 2.12 bits per heavy atom. The van der Waals surface area contributed by atoms with Gasteiger partial charge in [-0.15, -0.1) is 10.2 Å². The predicted octanol–water partition coefficient (Wildman–Crippen LogP) is 2.18. The van der Waals surface area contributed by atoms with Crippen molar-refractivity contribution in [3.63, 3.8) is 0 Å². The van der Waals surface area contributed by atoms with Crippen LogP contribution in [0.1, 0.15) is 12.8 Å². The smallest absolute Gasteiger partial charge is 0.268 e. The molecule has 0 saturated heterocycles. The van der Waals surface area contributed by atoms with Crippen LogP contribution in [0.3, 0.4) is 0 Å². The first kappa shape index (κ1) is 9.08. The number of para-hydroxylation sites is 1. The van der Waals surface area contributed by atoms with E-state index in [-0.39, 0.29) is 0 Å². The first-order valence-electron chi connectivity index (χ1n) is 5.14. The van der Waals surface area contributed by atoms with E-state index in [1.165, 1.54) is 0 Å². The molecule has 0 aliphatic rings. The second-order valence-electron chi connectivity index (χ2n) is 3.47. The Bertz CT molecular complexity index is 625. The summed E-state index contributed by atoms with van der Waals surface area (Å²) in [5, 5.41) is 16.0. The number of fused-ring (bicyclic) bond motifs is 1. The van der Waals surface area contributed by atoms with E-state index in [9.17, 15) is 0 Å². The van der Waals surface area contributed by atoms with Gasteiger partial charge in [0.25, 0.3) is 5.89 Å². The van der Waals surface area contributed by atoms with Crippen LogP contribution >= 0.6 is 0 Å². The van der Waals surface area contributed by atoms with Gasteiger partial charge in [0.1, 0.15) is 0 Å². The lowest BCUT2D eigenvalue weighted by Crippen LogP contribution is -1.78. The fourth-order valence-corrected chi connectivity index (χ4v) is 1.62. The van der Waals surface area contributed by atoms with Gasteiger partial charge in [-0.2, -0.15) is 5.10 Å². The number of aromatic nitrogens is 4. The highest BCUT2D eigenvalue weighted by molar-refractivity contribution is 5.90. The van der Waals surface area contributed by atoms with Gasteiger partial charge >= 0.3 is 0 Å². The number of H-pyrrole nitrogens is 1. The van der Waals surface area contributed by atoms with Gasteiger partial charge in [0.05, 0.1) is 5.52 Å². The second-order valence-corrected chi connectivity index (χ2v) is 3.47. The Kier molecular flexibility index (Phi) is 1.96. The van der Waals surface area contributed by atoms with Crippen LogP contribution in [0.4, 0.5) is 0 Å². The molecule has 16 heavy (non-hydrogen) atoms. The molecule has 0 radical (unpaired) electrons. The molecule has 0 unspecified atom stereocenters. The first-order valence-corrected chi connectivity index (χ1v) is 5.14. The number of hydrogen-bond donors (Lipinski definition) is 1. The quantitative estimate of drug-likeness (QED) is 0.709. The minimum atomic E-state index is 0.467. The molecule has 2 aromatic heterocycles. The average Bonchev–Trinajstić information content (AvgIpc) is 2.94. The number of rotatable bonds is 2. The van der Waals surface area contributed by atoms with Gasteiger partial charge in [-0.3, -0.25) is 5.10 Å². The third-order valence-electron chi connectivity index (χ3n) is 2.44. The largest absolute Gasteiger partial charge is 0.419 e. The van der Waals surface area contributed by atoms with E-state index >= 15 is 0 Å². The van der Waals surface area contributed by atoms with Gasteiger partial charge in [0.2, 0.25) is 5.89 Å². The molecule has 0 saturated carbocycles. The van der Waals surface area contributed by atoms with Crippen molar-refractivity contribution >= 4 is 10.9 Å². The van der Waals surface area contributed by atoms with E-state index in [0.717, 1.165) is 17.3 Å². The molecule has 3 rings (SSSR count). The summed E-state index contributed by atoms with van der Waals surface area (Å²) in [6.07, 6.45) is 0.732. The topological polar surface area (TPSA) is 67.6 Å². The van der Waals surface area contributed by atoms with Crippen LogP contribution in [0.15, 0.2) is 28.7 Å². The molecule has 0 aliphatic heterocycles. The van der Waals surface area contributed by atoms with Gasteiger partial charge in [-0.1, -0.05) is 25.1 Å². The standard InChI is InChI=1S/C11H10N4O/c1-2-9-13-15-11(16-9)10-7-5-3-4-6-8(7)12-14-10/h3-6H,2H2,1H3,(H,12,14). The highest BCUT2D eigenvalue weighted by Crippen LogP contribution is 2.24. The molecular weight excluding hydrogens is 204 g/mol. The van der Waals surface area contributed by atoms with Gasteiger partial charge in [-0.25, -0.2) is 0 Å². The Morgan fingerprint density at radius 1 is 1.25 bits per heavy atom. The summed E-state index contributed by atoms with van der Waals surface area (Å²) in [5.74, 6) is 1.09. The normalized spacial score (nSPS) is 11.1. The lowest BCUT2D eigenvalue weighted by molar-refractivity contribution is 0.511. The number of benzene rings is 1. The zero-order valence-electron chi connectivity index (χ0n) is 8.77. The van der Waals surface area contributed by atoms with Gasteiger partial charge in [-0.05, 0) is 6.07 Å². The predicted molar refractivity (Wildman–Crippen MR) is 58.8 cm³/mol. The van der Waals surface area contributed by atoms with Crippen LogP contribution in [-0.4, -0.2) is 20.4 Å². The van der Waals surface area contributed by atoms with Crippen LogP contribution in [0.2, 0.25) is 0 Å². The molecule has 2 heterocycles. The summed E-state index contributed by atoms with van der Waals surface area (Å²) in [5.41, 5.74) is 1.68. The molecule has 80 valence electrons. The van der Waals surface area contributed by atoms with Crippen LogP contribution in [0.5, 0.6) is 0 Å². The highest BCUT2D eigenvalue weighted by atomic mass is 16.4. The fraction of sp³-hybridized carbons (Fsp3) is 0.182. The van der Waals surface area contributed by atoms with Crippen molar-refractivity contribution in [3.05, 3.63) is 30.2 Å². The van der Waals surface area contributed by atoms with E-state index in [2.05, 4.69) is 20.4 Å². The molecule has 1 N–H and O–H groups in total. The molecule has 0 aliphatic carbocycles. The van der Waals surface area contributed by atoms with Crippen molar-refractivity contribution in [2.75, 3.05) is 0 Å². The third kappa shape index (κ3) is 1.29. The summed E-state index contributed by atoms with van der Waals surface area (Å²) in [7, 11) is 0. The van der Waals surface area contributed by atoms with Crippen LogP contribution in [-0.2, 0) is 6.42 Å². The monoisotopic (exact) mass is 214 g/mol. The van der Waals surface area contributed by atoms with E-state index in [1.54, 1.807) is 0 Å². The fourth-order valence-electron chi connectivity index (χ4n) is 1.62. The maximum Gasteiger partial charge on any atom is 0.268 e. The molecule has 0 amide bonds. The Hall–Kier alpha value is -2.17. The summed E-state index contributed by atoms with van der Waals surface area (Å²) < 4.78 is 5.48. The maximum atomic E-state index is 5.48. The van der Waals surface area contributed by atoms with Gasteiger partial charge < -0.3 is 4.42 Å². The van der Waals surface area contributed by atoms with Crippen molar-refractivity contribution in [1.82, 2.24) is 20.4 Å². The molecular formula is C11H10N4O. The van der Waals surface area contributed by atoms with E-state index in [4.69, 9.17) is 4.42 Å². The molecule has 0 fully saturated rings. The number of nitrogens with zero attached hydrogens (tertiary/aromatic N) is 3. The van der Waals surface area contributed by atoms with Crippen molar-refractivity contribution in [2.24, 2.45) is 0 Å². The van der Waals surface area contributed by atoms with E-state index < -0.39 is 0 Å². The molecule has 0 bridgehead atoms. The van der Waals surface area contributed by atoms with Crippen molar-refractivity contribution in [2.45, 2.75) is 13.3 Å². The zero-order valence-corrected chi connectivity index (χ0v) is 8.77.